The van der Waals surface area contributed by atoms with Gasteiger partial charge in [-0.15, -0.1) is 0 Å². The average Bonchev–Trinajstić information content (AvgIpc) is 2.99. The van der Waals surface area contributed by atoms with Crippen LogP contribution >= 0.6 is 0 Å². The Balaban J connectivity index is 1.52. The number of rotatable bonds is 5. The maximum atomic E-state index is 12.6. The molecule has 1 aromatic rings. The zero-order chi connectivity index (χ0) is 16.8. The summed E-state index contributed by atoms with van der Waals surface area (Å²) in [5.41, 5.74) is 1.23. The van der Waals surface area contributed by atoms with E-state index in [4.69, 9.17) is 4.74 Å². The van der Waals surface area contributed by atoms with E-state index in [1.54, 1.807) is 7.11 Å². The first-order valence-corrected chi connectivity index (χ1v) is 9.38. The van der Waals surface area contributed by atoms with Crippen molar-refractivity contribution in [3.63, 3.8) is 0 Å². The number of benzene rings is 1. The highest BCUT2D eigenvalue weighted by Gasteiger charge is 2.24. The SMILES string of the molecule is COc1ccccc1CN1CCCN(C(=O)CC2CCCC2)CC1. The molecular weight excluding hydrogens is 300 g/mol. The highest BCUT2D eigenvalue weighted by atomic mass is 16.5. The molecule has 4 heteroatoms. The Morgan fingerprint density at radius 2 is 1.88 bits per heavy atom. The predicted molar refractivity (Wildman–Crippen MR) is 96.0 cm³/mol. The van der Waals surface area contributed by atoms with E-state index in [9.17, 15) is 4.79 Å². The first-order valence-electron chi connectivity index (χ1n) is 9.38. The van der Waals surface area contributed by atoms with Crippen molar-refractivity contribution in [2.45, 2.75) is 45.1 Å². The highest BCUT2D eigenvalue weighted by molar-refractivity contribution is 5.76. The molecule has 1 aliphatic heterocycles. The van der Waals surface area contributed by atoms with Crippen molar-refractivity contribution in [1.82, 2.24) is 9.80 Å². The minimum atomic E-state index is 0.376. The molecule has 1 heterocycles. The molecule has 0 N–H and O–H groups in total. The average molecular weight is 330 g/mol. The van der Waals surface area contributed by atoms with Crippen LogP contribution < -0.4 is 4.74 Å². The van der Waals surface area contributed by atoms with E-state index >= 15 is 0 Å². The van der Waals surface area contributed by atoms with Gasteiger partial charge in [0.25, 0.3) is 0 Å². The predicted octanol–water partition coefficient (Wildman–Crippen LogP) is 3.31. The lowest BCUT2D eigenvalue weighted by Gasteiger charge is -2.23. The number of nitrogens with zero attached hydrogens (tertiary/aromatic N) is 2. The first kappa shape index (κ1) is 17.3. The third-order valence-corrected chi connectivity index (χ3v) is 5.47. The van der Waals surface area contributed by atoms with Gasteiger partial charge in [0.2, 0.25) is 5.91 Å². The van der Waals surface area contributed by atoms with Gasteiger partial charge in [-0.25, -0.2) is 0 Å². The van der Waals surface area contributed by atoms with Crippen LogP contribution in [0, 0.1) is 5.92 Å². The van der Waals surface area contributed by atoms with E-state index in [2.05, 4.69) is 21.9 Å². The van der Waals surface area contributed by atoms with Gasteiger partial charge in [-0.05, 0) is 31.2 Å². The van der Waals surface area contributed by atoms with Crippen molar-refractivity contribution < 1.29 is 9.53 Å². The van der Waals surface area contributed by atoms with Gasteiger partial charge in [0, 0.05) is 44.7 Å². The molecule has 24 heavy (non-hydrogen) atoms. The number of para-hydroxylation sites is 1. The second kappa shape index (κ2) is 8.52. The molecule has 0 spiro atoms. The summed E-state index contributed by atoms with van der Waals surface area (Å²) in [4.78, 5) is 17.1. The number of amides is 1. The lowest BCUT2D eigenvalue weighted by Crippen LogP contribution is -2.35. The van der Waals surface area contributed by atoms with Crippen LogP contribution in [0.15, 0.2) is 24.3 Å². The zero-order valence-corrected chi connectivity index (χ0v) is 14.9. The smallest absolute Gasteiger partial charge is 0.222 e. The molecule has 1 saturated heterocycles. The summed E-state index contributed by atoms with van der Waals surface area (Å²) in [7, 11) is 1.73. The minimum absolute atomic E-state index is 0.376. The maximum absolute atomic E-state index is 12.6. The van der Waals surface area contributed by atoms with Crippen LogP contribution in [0.1, 0.15) is 44.1 Å². The van der Waals surface area contributed by atoms with Gasteiger partial charge in [-0.2, -0.15) is 0 Å². The first-order chi connectivity index (χ1) is 11.8. The fourth-order valence-electron chi connectivity index (χ4n) is 4.04. The van der Waals surface area contributed by atoms with E-state index in [1.807, 2.05) is 12.1 Å². The lowest BCUT2D eigenvalue weighted by molar-refractivity contribution is -0.132. The summed E-state index contributed by atoms with van der Waals surface area (Å²) in [6, 6.07) is 8.22. The van der Waals surface area contributed by atoms with Crippen LogP contribution in [0.3, 0.4) is 0 Å². The molecule has 1 aliphatic carbocycles. The standard InChI is InChI=1S/C20H30N2O2/c1-24-19-10-5-4-9-18(19)16-21-11-6-12-22(14-13-21)20(23)15-17-7-2-3-8-17/h4-5,9-10,17H,2-3,6-8,11-16H2,1H3. The van der Waals surface area contributed by atoms with Gasteiger partial charge in [0.15, 0.2) is 0 Å². The van der Waals surface area contributed by atoms with Gasteiger partial charge in [-0.1, -0.05) is 31.0 Å². The molecule has 2 fully saturated rings. The van der Waals surface area contributed by atoms with E-state index in [-0.39, 0.29) is 0 Å². The largest absolute Gasteiger partial charge is 0.496 e. The molecular formula is C20H30N2O2. The van der Waals surface area contributed by atoms with E-state index < -0.39 is 0 Å². The van der Waals surface area contributed by atoms with Crippen molar-refractivity contribution in [3.05, 3.63) is 29.8 Å². The summed E-state index contributed by atoms with van der Waals surface area (Å²) in [5.74, 6) is 1.97. The third-order valence-electron chi connectivity index (χ3n) is 5.47. The van der Waals surface area contributed by atoms with Crippen LogP contribution in [0.2, 0.25) is 0 Å². The van der Waals surface area contributed by atoms with Crippen molar-refractivity contribution in [3.8, 4) is 5.75 Å². The molecule has 0 radical (unpaired) electrons. The molecule has 0 bridgehead atoms. The topological polar surface area (TPSA) is 32.8 Å². The molecule has 0 aromatic heterocycles. The van der Waals surface area contributed by atoms with Gasteiger partial charge in [0.1, 0.15) is 5.75 Å². The number of ether oxygens (including phenoxy) is 1. The fourth-order valence-corrected chi connectivity index (χ4v) is 4.04. The molecule has 132 valence electrons. The van der Waals surface area contributed by atoms with Crippen molar-refractivity contribution in [2.24, 2.45) is 5.92 Å². The number of carbonyl (C=O) groups excluding carboxylic acids is 1. The molecule has 2 aliphatic rings. The van der Waals surface area contributed by atoms with Gasteiger partial charge in [0.05, 0.1) is 7.11 Å². The van der Waals surface area contributed by atoms with E-state index in [1.165, 1.54) is 31.2 Å². The second-order valence-corrected chi connectivity index (χ2v) is 7.18. The van der Waals surface area contributed by atoms with Crippen molar-refractivity contribution in [1.29, 1.82) is 0 Å². The van der Waals surface area contributed by atoms with Crippen LogP contribution in [0.25, 0.3) is 0 Å². The Morgan fingerprint density at radius 1 is 1.08 bits per heavy atom. The minimum Gasteiger partial charge on any atom is -0.496 e. The summed E-state index contributed by atoms with van der Waals surface area (Å²) >= 11 is 0. The fraction of sp³-hybridized carbons (Fsp3) is 0.650. The third kappa shape index (κ3) is 4.50. The summed E-state index contributed by atoms with van der Waals surface area (Å²) in [5, 5.41) is 0. The Bertz CT molecular complexity index is 540. The van der Waals surface area contributed by atoms with Gasteiger partial charge >= 0.3 is 0 Å². The van der Waals surface area contributed by atoms with Crippen LogP contribution in [-0.2, 0) is 11.3 Å². The van der Waals surface area contributed by atoms with Crippen molar-refractivity contribution in [2.75, 3.05) is 33.3 Å². The summed E-state index contributed by atoms with van der Waals surface area (Å²) < 4.78 is 5.46. The number of carbonyl (C=O) groups is 1. The molecule has 1 aromatic carbocycles. The van der Waals surface area contributed by atoms with Crippen LogP contribution in [0.5, 0.6) is 5.75 Å². The Kier molecular flexibility index (Phi) is 6.13. The molecule has 0 unspecified atom stereocenters. The molecule has 1 amide bonds. The molecule has 4 nitrogen and oxygen atoms in total. The lowest BCUT2D eigenvalue weighted by atomic mass is 10.0. The van der Waals surface area contributed by atoms with Gasteiger partial charge < -0.3 is 9.64 Å². The normalized spacial score (nSPS) is 20.1. The second-order valence-electron chi connectivity index (χ2n) is 7.18. The highest BCUT2D eigenvalue weighted by Crippen LogP contribution is 2.28. The van der Waals surface area contributed by atoms with Gasteiger partial charge in [-0.3, -0.25) is 9.69 Å². The summed E-state index contributed by atoms with van der Waals surface area (Å²) in [6.45, 7) is 4.67. The maximum Gasteiger partial charge on any atom is 0.222 e. The van der Waals surface area contributed by atoms with Crippen LogP contribution in [-0.4, -0.2) is 49.0 Å². The Labute approximate surface area is 145 Å². The zero-order valence-electron chi connectivity index (χ0n) is 14.9. The molecule has 1 saturated carbocycles. The van der Waals surface area contributed by atoms with E-state index in [0.29, 0.717) is 11.8 Å². The van der Waals surface area contributed by atoms with Crippen molar-refractivity contribution >= 4 is 5.91 Å². The van der Waals surface area contributed by atoms with E-state index in [0.717, 1.165) is 51.3 Å². The number of hydrogen-bond acceptors (Lipinski definition) is 3. The quantitative estimate of drug-likeness (QED) is 0.830. The van der Waals surface area contributed by atoms with Crippen LogP contribution in [0.4, 0.5) is 0 Å². The molecule has 0 atom stereocenters. The number of methoxy groups -OCH3 is 1. The number of hydrogen-bond donors (Lipinski definition) is 0. The Morgan fingerprint density at radius 3 is 2.67 bits per heavy atom. The molecule has 3 rings (SSSR count). The summed E-state index contributed by atoms with van der Waals surface area (Å²) in [6.07, 6.45) is 6.95. The monoisotopic (exact) mass is 330 g/mol. The Hall–Kier alpha value is -1.55.